The van der Waals surface area contributed by atoms with Crippen LogP contribution in [0.2, 0.25) is 0 Å². The molecule has 1 rings (SSSR count). The third-order valence-electron chi connectivity index (χ3n) is 1.67. The van der Waals surface area contributed by atoms with Crippen LogP contribution in [0.4, 0.5) is 0 Å². The highest BCUT2D eigenvalue weighted by Crippen LogP contribution is 2.17. The van der Waals surface area contributed by atoms with Crippen LogP contribution in [0.5, 0.6) is 0 Å². The van der Waals surface area contributed by atoms with Crippen LogP contribution < -0.4 is 0 Å². The number of aromatic nitrogens is 2. The molecule has 0 saturated heterocycles. The van der Waals surface area contributed by atoms with Crippen molar-refractivity contribution in [1.82, 2.24) is 9.97 Å². The van der Waals surface area contributed by atoms with Gasteiger partial charge in [-0.1, -0.05) is 6.92 Å². The van der Waals surface area contributed by atoms with Gasteiger partial charge in [-0.3, -0.25) is 9.97 Å². The number of rotatable bonds is 5. The van der Waals surface area contributed by atoms with Crippen LogP contribution in [-0.4, -0.2) is 26.9 Å². The molecule has 0 aliphatic rings. The molecule has 1 aromatic heterocycles. The maximum Gasteiger partial charge on any atom is 0.0685 e. The summed E-state index contributed by atoms with van der Waals surface area (Å²) in [7, 11) is 0. The molecule has 0 spiro atoms. The average molecular weight is 198 g/mol. The van der Waals surface area contributed by atoms with E-state index in [0.29, 0.717) is 5.25 Å². The highest BCUT2D eigenvalue weighted by molar-refractivity contribution is 7.99. The van der Waals surface area contributed by atoms with Crippen molar-refractivity contribution in [2.24, 2.45) is 0 Å². The first-order chi connectivity index (χ1) is 6.33. The smallest absolute Gasteiger partial charge is 0.0685 e. The largest absolute Gasteiger partial charge is 0.396 e. The Bertz CT molecular complexity index is 230. The van der Waals surface area contributed by atoms with E-state index < -0.39 is 0 Å². The second-order valence-electron chi connectivity index (χ2n) is 2.83. The third kappa shape index (κ3) is 4.24. The van der Waals surface area contributed by atoms with Crippen molar-refractivity contribution in [1.29, 1.82) is 0 Å². The molecule has 3 nitrogen and oxygen atoms in total. The van der Waals surface area contributed by atoms with Crippen molar-refractivity contribution < 1.29 is 5.11 Å². The van der Waals surface area contributed by atoms with E-state index in [0.717, 1.165) is 17.9 Å². The maximum atomic E-state index is 8.69. The van der Waals surface area contributed by atoms with E-state index >= 15 is 0 Å². The molecular weight excluding hydrogens is 184 g/mol. The lowest BCUT2D eigenvalue weighted by Crippen LogP contribution is -2.00. The van der Waals surface area contributed by atoms with Crippen molar-refractivity contribution in [2.75, 3.05) is 6.61 Å². The van der Waals surface area contributed by atoms with Gasteiger partial charge >= 0.3 is 0 Å². The molecule has 1 unspecified atom stereocenters. The first-order valence-corrected chi connectivity index (χ1v) is 5.35. The predicted molar refractivity (Wildman–Crippen MR) is 54.5 cm³/mol. The Morgan fingerprint density at radius 3 is 3.00 bits per heavy atom. The number of aliphatic hydroxyl groups excluding tert-OH is 1. The van der Waals surface area contributed by atoms with Crippen molar-refractivity contribution in [2.45, 2.75) is 24.3 Å². The molecule has 1 N–H and O–H groups in total. The SMILES string of the molecule is CC(CCO)SCc1cnccn1. The van der Waals surface area contributed by atoms with Gasteiger partial charge in [-0.25, -0.2) is 0 Å². The van der Waals surface area contributed by atoms with Gasteiger partial charge in [0, 0.05) is 36.2 Å². The Kier molecular flexibility index (Phi) is 4.78. The van der Waals surface area contributed by atoms with Gasteiger partial charge < -0.3 is 5.11 Å². The highest BCUT2D eigenvalue weighted by atomic mass is 32.2. The normalized spacial score (nSPS) is 12.8. The quantitative estimate of drug-likeness (QED) is 0.778. The van der Waals surface area contributed by atoms with E-state index in [1.54, 1.807) is 30.4 Å². The van der Waals surface area contributed by atoms with Gasteiger partial charge in [0.2, 0.25) is 0 Å². The summed E-state index contributed by atoms with van der Waals surface area (Å²) in [4.78, 5) is 8.15. The Balaban J connectivity index is 2.27. The first-order valence-electron chi connectivity index (χ1n) is 4.30. The molecule has 13 heavy (non-hydrogen) atoms. The summed E-state index contributed by atoms with van der Waals surface area (Å²) < 4.78 is 0. The van der Waals surface area contributed by atoms with E-state index in [1.165, 1.54) is 0 Å². The minimum Gasteiger partial charge on any atom is -0.396 e. The van der Waals surface area contributed by atoms with Gasteiger partial charge in [0.15, 0.2) is 0 Å². The summed E-state index contributed by atoms with van der Waals surface area (Å²) in [5, 5.41) is 9.17. The molecule has 0 radical (unpaired) electrons. The Morgan fingerprint density at radius 1 is 1.54 bits per heavy atom. The van der Waals surface area contributed by atoms with Crippen LogP contribution in [0.1, 0.15) is 19.0 Å². The molecule has 1 atom stereocenters. The number of hydrogen-bond donors (Lipinski definition) is 1. The summed E-state index contributed by atoms with van der Waals surface area (Å²) in [5.41, 5.74) is 0.997. The molecule has 0 aliphatic heterocycles. The zero-order valence-corrected chi connectivity index (χ0v) is 8.50. The molecule has 1 heterocycles. The van der Waals surface area contributed by atoms with Gasteiger partial charge in [-0.15, -0.1) is 0 Å². The third-order valence-corrected chi connectivity index (χ3v) is 2.94. The van der Waals surface area contributed by atoms with Gasteiger partial charge in [-0.2, -0.15) is 11.8 Å². The van der Waals surface area contributed by atoms with Crippen molar-refractivity contribution in [3.05, 3.63) is 24.3 Å². The van der Waals surface area contributed by atoms with Crippen molar-refractivity contribution >= 4 is 11.8 Å². The molecule has 72 valence electrons. The van der Waals surface area contributed by atoms with Gasteiger partial charge in [0.25, 0.3) is 0 Å². The summed E-state index contributed by atoms with van der Waals surface area (Å²) >= 11 is 1.79. The Morgan fingerprint density at radius 2 is 2.38 bits per heavy atom. The van der Waals surface area contributed by atoms with Crippen molar-refractivity contribution in [3.8, 4) is 0 Å². The molecule has 0 amide bonds. The van der Waals surface area contributed by atoms with Gasteiger partial charge in [-0.05, 0) is 6.42 Å². The van der Waals surface area contributed by atoms with E-state index in [9.17, 15) is 0 Å². The molecule has 0 saturated carbocycles. The lowest BCUT2D eigenvalue weighted by atomic mass is 10.3. The summed E-state index contributed by atoms with van der Waals surface area (Å²) in [6, 6.07) is 0. The lowest BCUT2D eigenvalue weighted by molar-refractivity contribution is 0.289. The highest BCUT2D eigenvalue weighted by Gasteiger charge is 2.02. The summed E-state index contributed by atoms with van der Waals surface area (Å²) in [6.45, 7) is 2.37. The van der Waals surface area contributed by atoms with Crippen LogP contribution in [-0.2, 0) is 5.75 Å². The fraction of sp³-hybridized carbons (Fsp3) is 0.556. The fourth-order valence-corrected chi connectivity index (χ4v) is 1.77. The summed E-state index contributed by atoms with van der Waals surface area (Å²) in [6.07, 6.45) is 5.99. The lowest BCUT2D eigenvalue weighted by Gasteiger charge is -2.07. The fourth-order valence-electron chi connectivity index (χ4n) is 0.897. The van der Waals surface area contributed by atoms with E-state index in [4.69, 9.17) is 5.11 Å². The van der Waals surface area contributed by atoms with Crippen LogP contribution in [0.15, 0.2) is 18.6 Å². The zero-order valence-electron chi connectivity index (χ0n) is 7.68. The number of thioether (sulfide) groups is 1. The second kappa shape index (κ2) is 5.94. The number of aliphatic hydroxyl groups is 1. The molecular formula is C9H14N2OS. The van der Waals surface area contributed by atoms with Gasteiger partial charge in [0.05, 0.1) is 5.69 Å². The molecule has 0 bridgehead atoms. The predicted octanol–water partition coefficient (Wildman–Crippen LogP) is 1.48. The van der Waals surface area contributed by atoms with Crippen LogP contribution in [0.25, 0.3) is 0 Å². The number of hydrogen-bond acceptors (Lipinski definition) is 4. The molecule has 0 aromatic carbocycles. The standard InChI is InChI=1S/C9H14N2OS/c1-8(2-5-12)13-7-9-6-10-3-4-11-9/h3-4,6,8,12H,2,5,7H2,1H3. The minimum absolute atomic E-state index is 0.259. The second-order valence-corrected chi connectivity index (χ2v) is 4.26. The molecule has 4 heteroatoms. The molecule has 0 aliphatic carbocycles. The molecule has 0 fully saturated rings. The van der Waals surface area contributed by atoms with Crippen molar-refractivity contribution in [3.63, 3.8) is 0 Å². The number of nitrogens with zero attached hydrogens (tertiary/aromatic N) is 2. The first kappa shape index (κ1) is 10.5. The zero-order chi connectivity index (χ0) is 9.52. The van der Waals surface area contributed by atoms with Crippen LogP contribution >= 0.6 is 11.8 Å². The molecule has 1 aromatic rings. The minimum atomic E-state index is 0.259. The topological polar surface area (TPSA) is 46.0 Å². The van der Waals surface area contributed by atoms with E-state index in [-0.39, 0.29) is 6.61 Å². The average Bonchev–Trinajstić information content (AvgIpc) is 2.17. The van der Waals surface area contributed by atoms with E-state index in [1.807, 2.05) is 0 Å². The van der Waals surface area contributed by atoms with E-state index in [2.05, 4.69) is 16.9 Å². The van der Waals surface area contributed by atoms with Crippen LogP contribution in [0, 0.1) is 0 Å². The Labute approximate surface area is 82.6 Å². The monoisotopic (exact) mass is 198 g/mol. The van der Waals surface area contributed by atoms with Crippen LogP contribution in [0.3, 0.4) is 0 Å². The van der Waals surface area contributed by atoms with Gasteiger partial charge in [0.1, 0.15) is 0 Å². The Hall–Kier alpha value is -0.610. The summed E-state index contributed by atoms with van der Waals surface area (Å²) in [5.74, 6) is 0.870. The maximum absolute atomic E-state index is 8.69.